The van der Waals surface area contributed by atoms with Gasteiger partial charge in [-0.3, -0.25) is 0 Å². The highest BCUT2D eigenvalue weighted by Gasteiger charge is 2.10. The molecule has 0 aliphatic heterocycles. The number of carboxylic acids is 1. The molecule has 0 saturated carbocycles. The summed E-state index contributed by atoms with van der Waals surface area (Å²) < 4.78 is 0. The molecule has 0 unspecified atom stereocenters. The number of hydrogen-bond donors (Lipinski definition) is 1. The van der Waals surface area contributed by atoms with Crippen molar-refractivity contribution in [1.82, 2.24) is 0 Å². The zero-order valence-corrected chi connectivity index (χ0v) is 11.8. The molecule has 2 rings (SSSR count). The van der Waals surface area contributed by atoms with Crippen LogP contribution in [0.4, 0.5) is 0 Å². The molecule has 0 aromatic heterocycles. The first-order chi connectivity index (χ1) is 9.08. The minimum Gasteiger partial charge on any atom is -0.478 e. The van der Waals surface area contributed by atoms with Gasteiger partial charge in [0.2, 0.25) is 0 Å². The normalized spacial score (nSPS) is 10.4. The third kappa shape index (κ3) is 3.38. The molecule has 0 atom stereocenters. The summed E-state index contributed by atoms with van der Waals surface area (Å²) in [4.78, 5) is 12.0. The Bertz CT molecular complexity index is 605. The van der Waals surface area contributed by atoms with Crippen LogP contribution in [0.25, 0.3) is 0 Å². The van der Waals surface area contributed by atoms with Crippen molar-refractivity contribution in [3.63, 3.8) is 0 Å². The van der Waals surface area contributed by atoms with Crippen molar-refractivity contribution in [3.05, 3.63) is 64.7 Å². The fraction of sp³-hybridized carbons (Fsp3) is 0.188. The summed E-state index contributed by atoms with van der Waals surface area (Å²) in [6, 6.07) is 13.5. The molecule has 2 aromatic rings. The molecule has 0 fully saturated rings. The average Bonchev–Trinajstić information content (AvgIpc) is 2.40. The molecule has 3 heteroatoms. The molecule has 0 spiro atoms. The molecule has 0 radical (unpaired) electrons. The monoisotopic (exact) mass is 272 g/mol. The lowest BCUT2D eigenvalue weighted by atomic mass is 10.1. The molecular formula is C16H16O2S. The summed E-state index contributed by atoms with van der Waals surface area (Å²) in [6.07, 6.45) is 0. The number of aryl methyl sites for hydroxylation is 2. The number of carboxylic acid groups (broad SMARTS) is 1. The van der Waals surface area contributed by atoms with Gasteiger partial charge in [-0.2, -0.15) is 0 Å². The first kappa shape index (κ1) is 13.7. The fourth-order valence-electron chi connectivity index (χ4n) is 1.88. The van der Waals surface area contributed by atoms with Gasteiger partial charge in [0.1, 0.15) is 0 Å². The van der Waals surface area contributed by atoms with Crippen molar-refractivity contribution in [2.45, 2.75) is 24.5 Å². The van der Waals surface area contributed by atoms with Crippen LogP contribution in [-0.2, 0) is 5.75 Å². The van der Waals surface area contributed by atoms with E-state index in [1.54, 1.807) is 23.9 Å². The third-order valence-electron chi connectivity index (χ3n) is 3.01. The van der Waals surface area contributed by atoms with E-state index in [0.717, 1.165) is 10.6 Å². The Balaban J connectivity index is 2.19. The number of aromatic carboxylic acids is 1. The highest BCUT2D eigenvalue weighted by molar-refractivity contribution is 7.98. The Morgan fingerprint density at radius 2 is 1.89 bits per heavy atom. The van der Waals surface area contributed by atoms with Crippen molar-refractivity contribution < 1.29 is 9.90 Å². The number of thioether (sulfide) groups is 1. The fourth-order valence-corrected chi connectivity index (χ4v) is 2.99. The predicted octanol–water partition coefficient (Wildman–Crippen LogP) is 4.29. The lowest BCUT2D eigenvalue weighted by Gasteiger charge is -2.08. The van der Waals surface area contributed by atoms with Gasteiger partial charge in [-0.15, -0.1) is 11.8 Å². The molecule has 98 valence electrons. The Morgan fingerprint density at radius 1 is 1.16 bits per heavy atom. The highest BCUT2D eigenvalue weighted by Crippen LogP contribution is 2.27. The van der Waals surface area contributed by atoms with Gasteiger partial charge in [-0.1, -0.05) is 35.9 Å². The molecule has 1 N–H and O–H groups in total. The van der Waals surface area contributed by atoms with E-state index in [0.29, 0.717) is 5.56 Å². The van der Waals surface area contributed by atoms with Gasteiger partial charge in [0.15, 0.2) is 0 Å². The molecule has 0 saturated heterocycles. The van der Waals surface area contributed by atoms with Crippen LogP contribution in [0.5, 0.6) is 0 Å². The zero-order chi connectivity index (χ0) is 13.8. The molecule has 19 heavy (non-hydrogen) atoms. The number of benzene rings is 2. The van der Waals surface area contributed by atoms with Gasteiger partial charge in [0.05, 0.1) is 5.56 Å². The van der Waals surface area contributed by atoms with Crippen LogP contribution in [0.3, 0.4) is 0 Å². The van der Waals surface area contributed by atoms with Gasteiger partial charge < -0.3 is 5.11 Å². The topological polar surface area (TPSA) is 37.3 Å². The molecule has 0 bridgehead atoms. The largest absolute Gasteiger partial charge is 0.478 e. The second-order valence-corrected chi connectivity index (χ2v) is 5.54. The van der Waals surface area contributed by atoms with Crippen LogP contribution >= 0.6 is 11.8 Å². The Hall–Kier alpha value is -1.74. The predicted molar refractivity (Wildman–Crippen MR) is 78.9 cm³/mol. The van der Waals surface area contributed by atoms with Crippen LogP contribution in [0, 0.1) is 13.8 Å². The van der Waals surface area contributed by atoms with Crippen LogP contribution in [-0.4, -0.2) is 11.1 Å². The minimum atomic E-state index is -0.871. The molecular weight excluding hydrogens is 256 g/mol. The zero-order valence-electron chi connectivity index (χ0n) is 11.0. The Morgan fingerprint density at radius 3 is 2.63 bits per heavy atom. The van der Waals surface area contributed by atoms with Crippen LogP contribution in [0.1, 0.15) is 27.0 Å². The van der Waals surface area contributed by atoms with Gasteiger partial charge in [0, 0.05) is 10.6 Å². The smallest absolute Gasteiger partial charge is 0.336 e. The maximum atomic E-state index is 11.1. The van der Waals surface area contributed by atoms with Crippen molar-refractivity contribution >= 4 is 17.7 Å². The SMILES string of the molecule is Cc1ccc(C)c(CSc2ccccc2C(=O)O)c1. The standard InChI is InChI=1S/C16H16O2S/c1-11-7-8-12(2)13(9-11)10-19-15-6-4-3-5-14(15)16(17)18/h3-9H,10H2,1-2H3,(H,17,18). The summed E-state index contributed by atoms with van der Waals surface area (Å²) in [5.41, 5.74) is 4.10. The van der Waals surface area contributed by atoms with Gasteiger partial charge in [-0.25, -0.2) is 4.79 Å². The quantitative estimate of drug-likeness (QED) is 0.843. The average molecular weight is 272 g/mol. The second-order valence-electron chi connectivity index (χ2n) is 4.52. The maximum absolute atomic E-state index is 11.1. The van der Waals surface area contributed by atoms with Crippen molar-refractivity contribution in [2.24, 2.45) is 0 Å². The minimum absolute atomic E-state index is 0.373. The lowest BCUT2D eigenvalue weighted by molar-refractivity contribution is 0.0693. The molecule has 0 heterocycles. The Labute approximate surface area is 117 Å². The van der Waals surface area contributed by atoms with Crippen LogP contribution in [0.15, 0.2) is 47.4 Å². The van der Waals surface area contributed by atoms with Crippen molar-refractivity contribution in [2.75, 3.05) is 0 Å². The summed E-state index contributed by atoms with van der Waals surface area (Å²) >= 11 is 1.57. The Kier molecular flexibility index (Phi) is 4.27. The maximum Gasteiger partial charge on any atom is 0.336 e. The number of rotatable bonds is 4. The van der Waals surface area contributed by atoms with Crippen molar-refractivity contribution in [3.8, 4) is 0 Å². The molecule has 2 aromatic carbocycles. The van der Waals surface area contributed by atoms with Crippen molar-refractivity contribution in [1.29, 1.82) is 0 Å². The van der Waals surface area contributed by atoms with E-state index in [-0.39, 0.29) is 0 Å². The first-order valence-electron chi connectivity index (χ1n) is 6.09. The summed E-state index contributed by atoms with van der Waals surface area (Å²) in [5, 5.41) is 9.15. The van der Waals surface area contributed by atoms with E-state index >= 15 is 0 Å². The van der Waals surface area contributed by atoms with E-state index in [9.17, 15) is 4.79 Å². The molecule has 0 amide bonds. The van der Waals surface area contributed by atoms with Crippen LogP contribution < -0.4 is 0 Å². The van der Waals surface area contributed by atoms with E-state index in [1.165, 1.54) is 16.7 Å². The summed E-state index contributed by atoms with van der Waals surface area (Å²) in [6.45, 7) is 4.15. The molecule has 0 aliphatic rings. The van der Waals surface area contributed by atoms with Gasteiger partial charge in [0.25, 0.3) is 0 Å². The van der Waals surface area contributed by atoms with E-state index in [1.807, 2.05) is 12.1 Å². The van der Waals surface area contributed by atoms with Crippen LogP contribution in [0.2, 0.25) is 0 Å². The first-order valence-corrected chi connectivity index (χ1v) is 7.08. The number of hydrogen-bond acceptors (Lipinski definition) is 2. The summed E-state index contributed by atoms with van der Waals surface area (Å²) in [7, 11) is 0. The third-order valence-corrected chi connectivity index (χ3v) is 4.13. The van der Waals surface area contributed by atoms with Gasteiger partial charge >= 0.3 is 5.97 Å². The van der Waals surface area contributed by atoms with E-state index in [2.05, 4.69) is 32.0 Å². The second kappa shape index (κ2) is 5.93. The van der Waals surface area contributed by atoms with E-state index < -0.39 is 5.97 Å². The molecule has 2 nitrogen and oxygen atoms in total. The summed E-state index contributed by atoms with van der Waals surface area (Å²) in [5.74, 6) is -0.0817. The van der Waals surface area contributed by atoms with E-state index in [4.69, 9.17) is 5.11 Å². The number of carbonyl (C=O) groups is 1. The van der Waals surface area contributed by atoms with Gasteiger partial charge in [-0.05, 0) is 37.1 Å². The molecule has 0 aliphatic carbocycles. The lowest BCUT2D eigenvalue weighted by Crippen LogP contribution is -1.98. The highest BCUT2D eigenvalue weighted by atomic mass is 32.2.